The zero-order chi connectivity index (χ0) is 20.8. The van der Waals surface area contributed by atoms with Gasteiger partial charge in [0.25, 0.3) is 0 Å². The third-order valence-electron chi connectivity index (χ3n) is 4.68. The van der Waals surface area contributed by atoms with Crippen LogP contribution < -0.4 is 0 Å². The topological polar surface area (TPSA) is 57.6 Å². The Kier molecular flexibility index (Phi) is 13.1. The minimum atomic E-state index is -0.853. The van der Waals surface area contributed by atoms with Gasteiger partial charge in [-0.25, -0.2) is 0 Å². The van der Waals surface area contributed by atoms with Crippen molar-refractivity contribution in [3.05, 3.63) is 29.3 Å². The Morgan fingerprint density at radius 2 is 1.75 bits per heavy atom. The van der Waals surface area contributed by atoms with Crippen LogP contribution in [0.3, 0.4) is 0 Å². The van der Waals surface area contributed by atoms with Gasteiger partial charge in [-0.3, -0.25) is 9.59 Å². The summed E-state index contributed by atoms with van der Waals surface area (Å²) in [7, 11) is 0. The SMILES string of the molecule is CCCCCN(CCCCC)C(=O)C(CCC(=O)O)CSc1cccc(Cl)c1. The van der Waals surface area contributed by atoms with Crippen LogP contribution in [-0.4, -0.2) is 40.7 Å². The number of unbranched alkanes of at least 4 members (excludes halogenated alkanes) is 4. The minimum absolute atomic E-state index is 0.0181. The van der Waals surface area contributed by atoms with Crippen LogP contribution in [0, 0.1) is 5.92 Å². The lowest BCUT2D eigenvalue weighted by Gasteiger charge is -2.27. The molecular formula is C22H34ClNO3S. The molecule has 0 saturated heterocycles. The van der Waals surface area contributed by atoms with Crippen molar-refractivity contribution in [1.82, 2.24) is 4.90 Å². The molecule has 0 heterocycles. The maximum absolute atomic E-state index is 13.2. The third-order valence-corrected chi connectivity index (χ3v) is 6.07. The second kappa shape index (κ2) is 14.7. The maximum Gasteiger partial charge on any atom is 0.303 e. The summed E-state index contributed by atoms with van der Waals surface area (Å²) < 4.78 is 0. The molecule has 1 unspecified atom stereocenters. The lowest BCUT2D eigenvalue weighted by Crippen LogP contribution is -2.39. The standard InChI is InChI=1S/C22H34ClNO3S/c1-3-5-7-14-24(15-8-6-4-2)22(27)18(12-13-21(25)26)17-28-20-11-9-10-19(23)16-20/h9-11,16,18H,3-8,12-15,17H2,1-2H3,(H,25,26). The molecule has 4 nitrogen and oxygen atoms in total. The number of benzene rings is 1. The van der Waals surface area contributed by atoms with Crippen molar-refractivity contribution in [2.45, 2.75) is 70.1 Å². The Labute approximate surface area is 179 Å². The average molecular weight is 428 g/mol. The Hall–Kier alpha value is -1.20. The first kappa shape index (κ1) is 24.8. The second-order valence-corrected chi connectivity index (χ2v) is 8.67. The summed E-state index contributed by atoms with van der Waals surface area (Å²) in [5.74, 6) is -0.467. The molecule has 0 aliphatic carbocycles. The first-order valence-electron chi connectivity index (χ1n) is 10.4. The molecule has 0 aliphatic rings. The molecule has 1 rings (SSSR count). The van der Waals surface area contributed by atoms with E-state index in [-0.39, 0.29) is 18.2 Å². The first-order chi connectivity index (χ1) is 13.5. The Bertz CT molecular complexity index is 587. The zero-order valence-corrected chi connectivity index (χ0v) is 18.7. The normalized spacial score (nSPS) is 12.0. The minimum Gasteiger partial charge on any atom is -0.481 e. The van der Waals surface area contributed by atoms with E-state index in [1.807, 2.05) is 29.2 Å². The van der Waals surface area contributed by atoms with Gasteiger partial charge in [0, 0.05) is 41.1 Å². The summed E-state index contributed by atoms with van der Waals surface area (Å²) in [6.45, 7) is 5.84. The van der Waals surface area contributed by atoms with Gasteiger partial charge in [0.2, 0.25) is 5.91 Å². The van der Waals surface area contributed by atoms with E-state index in [2.05, 4.69) is 13.8 Å². The molecule has 28 heavy (non-hydrogen) atoms. The van der Waals surface area contributed by atoms with Crippen LogP contribution in [0.15, 0.2) is 29.2 Å². The molecule has 1 aromatic carbocycles. The number of nitrogens with zero attached hydrogens (tertiary/aromatic N) is 1. The molecule has 0 radical (unpaired) electrons. The third kappa shape index (κ3) is 10.4. The van der Waals surface area contributed by atoms with Crippen molar-refractivity contribution < 1.29 is 14.7 Å². The Morgan fingerprint density at radius 3 is 2.29 bits per heavy atom. The van der Waals surface area contributed by atoms with Gasteiger partial charge < -0.3 is 10.0 Å². The van der Waals surface area contributed by atoms with Crippen molar-refractivity contribution in [2.24, 2.45) is 5.92 Å². The summed E-state index contributed by atoms with van der Waals surface area (Å²) >= 11 is 7.62. The fraction of sp³-hybridized carbons (Fsp3) is 0.636. The zero-order valence-electron chi connectivity index (χ0n) is 17.2. The van der Waals surface area contributed by atoms with E-state index in [9.17, 15) is 9.59 Å². The van der Waals surface area contributed by atoms with Crippen molar-refractivity contribution in [2.75, 3.05) is 18.8 Å². The lowest BCUT2D eigenvalue weighted by atomic mass is 10.0. The number of hydrogen-bond donors (Lipinski definition) is 1. The maximum atomic E-state index is 13.2. The van der Waals surface area contributed by atoms with Crippen LogP contribution in [0.4, 0.5) is 0 Å². The molecule has 158 valence electrons. The van der Waals surface area contributed by atoms with Crippen molar-refractivity contribution in [1.29, 1.82) is 0 Å². The molecule has 0 aliphatic heterocycles. The molecule has 0 spiro atoms. The highest BCUT2D eigenvalue weighted by atomic mass is 35.5. The van der Waals surface area contributed by atoms with E-state index in [0.29, 0.717) is 17.2 Å². The van der Waals surface area contributed by atoms with E-state index in [1.54, 1.807) is 11.8 Å². The van der Waals surface area contributed by atoms with E-state index >= 15 is 0 Å². The monoisotopic (exact) mass is 427 g/mol. The number of carbonyl (C=O) groups excluding carboxylic acids is 1. The largest absolute Gasteiger partial charge is 0.481 e. The second-order valence-electron chi connectivity index (χ2n) is 7.14. The van der Waals surface area contributed by atoms with E-state index in [4.69, 9.17) is 16.7 Å². The Balaban J connectivity index is 2.79. The number of hydrogen-bond acceptors (Lipinski definition) is 3. The summed E-state index contributed by atoms with van der Waals surface area (Å²) in [6.07, 6.45) is 6.84. The first-order valence-corrected chi connectivity index (χ1v) is 11.7. The summed E-state index contributed by atoms with van der Waals surface area (Å²) in [4.78, 5) is 27.3. The molecular weight excluding hydrogens is 394 g/mol. The molecule has 1 N–H and O–H groups in total. The Morgan fingerprint density at radius 1 is 1.11 bits per heavy atom. The number of rotatable bonds is 15. The van der Waals surface area contributed by atoms with Crippen LogP contribution in [0.25, 0.3) is 0 Å². The molecule has 1 aromatic rings. The number of carboxylic acids is 1. The number of aliphatic carboxylic acids is 1. The number of amides is 1. The van der Waals surface area contributed by atoms with Crippen molar-refractivity contribution in [3.8, 4) is 0 Å². The quantitative estimate of drug-likeness (QED) is 0.270. The summed E-state index contributed by atoms with van der Waals surface area (Å²) in [6, 6.07) is 7.56. The van der Waals surface area contributed by atoms with E-state index in [0.717, 1.165) is 56.5 Å². The highest BCUT2D eigenvalue weighted by Gasteiger charge is 2.25. The molecule has 0 saturated carbocycles. The highest BCUT2D eigenvalue weighted by molar-refractivity contribution is 7.99. The fourth-order valence-electron chi connectivity index (χ4n) is 3.03. The van der Waals surface area contributed by atoms with Crippen LogP contribution in [-0.2, 0) is 9.59 Å². The van der Waals surface area contributed by atoms with Gasteiger partial charge in [0.15, 0.2) is 0 Å². The van der Waals surface area contributed by atoms with Crippen LogP contribution >= 0.6 is 23.4 Å². The van der Waals surface area contributed by atoms with Crippen LogP contribution in [0.5, 0.6) is 0 Å². The fourth-order valence-corrected chi connectivity index (χ4v) is 4.37. The summed E-state index contributed by atoms with van der Waals surface area (Å²) in [5, 5.41) is 9.77. The number of carboxylic acid groups (broad SMARTS) is 1. The van der Waals surface area contributed by atoms with Crippen molar-refractivity contribution in [3.63, 3.8) is 0 Å². The number of carbonyl (C=O) groups is 2. The van der Waals surface area contributed by atoms with Crippen molar-refractivity contribution >= 4 is 35.2 Å². The lowest BCUT2D eigenvalue weighted by molar-refractivity contribution is -0.138. The molecule has 0 fully saturated rings. The molecule has 6 heteroatoms. The molecule has 1 amide bonds. The average Bonchev–Trinajstić information content (AvgIpc) is 2.66. The van der Waals surface area contributed by atoms with Gasteiger partial charge in [-0.15, -0.1) is 11.8 Å². The summed E-state index contributed by atoms with van der Waals surface area (Å²) in [5.41, 5.74) is 0. The van der Waals surface area contributed by atoms with Gasteiger partial charge >= 0.3 is 5.97 Å². The predicted octanol–water partition coefficient (Wildman–Crippen LogP) is 6.12. The molecule has 0 bridgehead atoms. The van der Waals surface area contributed by atoms with Crippen LogP contribution in [0.2, 0.25) is 5.02 Å². The van der Waals surface area contributed by atoms with Gasteiger partial charge in [0.1, 0.15) is 0 Å². The smallest absolute Gasteiger partial charge is 0.303 e. The molecule has 1 atom stereocenters. The van der Waals surface area contributed by atoms with E-state index < -0.39 is 5.97 Å². The highest BCUT2D eigenvalue weighted by Crippen LogP contribution is 2.26. The van der Waals surface area contributed by atoms with Gasteiger partial charge in [-0.05, 0) is 37.5 Å². The number of thioether (sulfide) groups is 1. The van der Waals surface area contributed by atoms with Crippen LogP contribution in [0.1, 0.15) is 65.2 Å². The van der Waals surface area contributed by atoms with E-state index in [1.165, 1.54) is 0 Å². The van der Waals surface area contributed by atoms with Gasteiger partial charge in [-0.1, -0.05) is 57.2 Å². The van der Waals surface area contributed by atoms with Gasteiger partial charge in [-0.2, -0.15) is 0 Å². The van der Waals surface area contributed by atoms with Gasteiger partial charge in [0.05, 0.1) is 0 Å². The number of halogens is 1. The molecule has 0 aromatic heterocycles. The predicted molar refractivity (Wildman–Crippen MR) is 118 cm³/mol.